The maximum Gasteiger partial charge on any atom is 0.259 e. The molecule has 0 atom stereocenters. The Kier molecular flexibility index (Phi) is 4.86. The number of hydrogen-bond donors (Lipinski definition) is 2. The summed E-state index contributed by atoms with van der Waals surface area (Å²) >= 11 is 6.07. The Labute approximate surface area is 139 Å². The second-order valence-corrected chi connectivity index (χ2v) is 5.38. The first-order chi connectivity index (χ1) is 10.6. The van der Waals surface area contributed by atoms with Gasteiger partial charge in [-0.2, -0.15) is 0 Å². The highest BCUT2D eigenvalue weighted by molar-refractivity contribution is 6.34. The highest BCUT2D eigenvalue weighted by Gasteiger charge is 2.15. The van der Waals surface area contributed by atoms with Gasteiger partial charge in [-0.3, -0.25) is 9.78 Å². The van der Waals surface area contributed by atoms with E-state index >= 15 is 0 Å². The number of carbonyl (C=O) groups excluding carboxylic acids is 1. The van der Waals surface area contributed by atoms with E-state index in [1.807, 2.05) is 19.1 Å². The van der Waals surface area contributed by atoms with Crippen LogP contribution >= 0.6 is 11.6 Å². The van der Waals surface area contributed by atoms with Gasteiger partial charge in [-0.25, -0.2) is 0 Å². The predicted molar refractivity (Wildman–Crippen MR) is 94.3 cm³/mol. The minimum atomic E-state index is -0.433. The minimum Gasteiger partial charge on any atom is -0.505 e. The Hall–Kier alpha value is -2.59. The summed E-state index contributed by atoms with van der Waals surface area (Å²) in [6.45, 7) is 1.91. The van der Waals surface area contributed by atoms with Gasteiger partial charge in [-0.1, -0.05) is 37.2 Å². The molecule has 23 heavy (non-hydrogen) atoms. The second-order valence-electron chi connectivity index (χ2n) is 4.97. The van der Waals surface area contributed by atoms with Crippen molar-refractivity contribution in [1.29, 1.82) is 0 Å². The molecule has 0 unspecified atom stereocenters. The fourth-order valence-electron chi connectivity index (χ4n) is 2.24. The molecule has 0 saturated heterocycles. The smallest absolute Gasteiger partial charge is 0.259 e. The van der Waals surface area contributed by atoms with Gasteiger partial charge in [0.25, 0.3) is 5.91 Å². The zero-order valence-corrected chi connectivity index (χ0v) is 12.6. The summed E-state index contributed by atoms with van der Waals surface area (Å²) in [4.78, 5) is 16.5. The van der Waals surface area contributed by atoms with Crippen molar-refractivity contribution in [2.24, 2.45) is 0 Å². The molecule has 0 spiro atoms. The number of carbonyl (C=O) groups is 1. The zero-order valence-electron chi connectivity index (χ0n) is 11.8. The van der Waals surface area contributed by atoms with Crippen LogP contribution in [0.5, 0.6) is 5.75 Å². The van der Waals surface area contributed by atoms with Crippen molar-refractivity contribution in [3.63, 3.8) is 0 Å². The van der Waals surface area contributed by atoms with Crippen LogP contribution < -0.4 is 5.32 Å². The Bertz CT molecular complexity index is 878. The molecule has 0 aliphatic rings. The molecule has 5 heteroatoms. The van der Waals surface area contributed by atoms with Crippen LogP contribution in [0.25, 0.3) is 10.9 Å². The molecule has 0 aliphatic heterocycles. The maximum atomic E-state index is 12.4. The van der Waals surface area contributed by atoms with E-state index in [0.717, 1.165) is 10.9 Å². The van der Waals surface area contributed by atoms with Gasteiger partial charge in [0.1, 0.15) is 5.52 Å². The van der Waals surface area contributed by atoms with E-state index < -0.39 is 5.91 Å². The largest absolute Gasteiger partial charge is 0.505 e. The second kappa shape index (κ2) is 6.67. The molecular weight excluding hydrogens is 312 g/mol. The lowest BCUT2D eigenvalue weighted by molar-refractivity contribution is 0.102. The summed E-state index contributed by atoms with van der Waals surface area (Å²) in [6.07, 6.45) is 1.57. The third-order valence-electron chi connectivity index (χ3n) is 3.36. The SMILES string of the molecule is C.Cc1ccc(Cl)c(NC(=O)c2ccc3cccnc3c2O)c1. The van der Waals surface area contributed by atoms with Crippen molar-refractivity contribution in [2.75, 3.05) is 5.32 Å². The number of fused-ring (bicyclic) bond motifs is 1. The van der Waals surface area contributed by atoms with E-state index in [-0.39, 0.29) is 18.7 Å². The molecule has 0 saturated carbocycles. The van der Waals surface area contributed by atoms with Crippen LogP contribution in [0.15, 0.2) is 48.7 Å². The Morgan fingerprint density at radius 2 is 2.00 bits per heavy atom. The molecule has 0 fully saturated rings. The summed E-state index contributed by atoms with van der Waals surface area (Å²) in [5.41, 5.74) is 2.03. The third-order valence-corrected chi connectivity index (χ3v) is 3.69. The standard InChI is InChI=1S/C17H13ClN2O2.CH4/c1-10-4-7-13(18)14(9-10)20-17(22)12-6-5-11-3-2-8-19-15(11)16(12)21;/h2-9,21H,1H3,(H,20,22);1H4. The molecule has 2 aromatic carbocycles. The lowest BCUT2D eigenvalue weighted by Gasteiger charge is -2.10. The highest BCUT2D eigenvalue weighted by Crippen LogP contribution is 2.29. The lowest BCUT2D eigenvalue weighted by Crippen LogP contribution is -2.12. The number of benzene rings is 2. The third kappa shape index (κ3) is 3.27. The summed E-state index contributed by atoms with van der Waals surface area (Å²) in [7, 11) is 0. The van der Waals surface area contributed by atoms with Gasteiger partial charge >= 0.3 is 0 Å². The quantitative estimate of drug-likeness (QED) is 0.711. The van der Waals surface area contributed by atoms with Crippen molar-refractivity contribution in [2.45, 2.75) is 14.4 Å². The van der Waals surface area contributed by atoms with Gasteiger partial charge in [0.05, 0.1) is 16.3 Å². The number of halogens is 1. The monoisotopic (exact) mass is 328 g/mol. The number of nitrogens with one attached hydrogen (secondary N) is 1. The molecule has 4 nitrogen and oxygen atoms in total. The van der Waals surface area contributed by atoms with Crippen LogP contribution in [0.2, 0.25) is 5.02 Å². The molecule has 0 aliphatic carbocycles. The number of aromatic hydroxyl groups is 1. The normalized spacial score (nSPS) is 10.2. The summed E-state index contributed by atoms with van der Waals surface area (Å²) < 4.78 is 0. The molecule has 118 valence electrons. The number of rotatable bonds is 2. The van der Waals surface area contributed by atoms with Crippen LogP contribution in [-0.4, -0.2) is 16.0 Å². The first-order valence-electron chi connectivity index (χ1n) is 6.70. The van der Waals surface area contributed by atoms with E-state index in [1.165, 1.54) is 0 Å². The number of aromatic nitrogens is 1. The van der Waals surface area contributed by atoms with E-state index in [9.17, 15) is 9.90 Å². The van der Waals surface area contributed by atoms with Crippen molar-refractivity contribution < 1.29 is 9.90 Å². The molecular formula is C18H17ClN2O2. The molecule has 1 aromatic heterocycles. The first kappa shape index (κ1) is 16.8. The summed E-state index contributed by atoms with van der Waals surface area (Å²) in [5.74, 6) is -0.572. The number of anilines is 1. The van der Waals surface area contributed by atoms with E-state index in [0.29, 0.717) is 16.2 Å². The predicted octanol–water partition coefficient (Wildman–Crippen LogP) is 4.79. The Balaban J connectivity index is 0.00000192. The van der Waals surface area contributed by atoms with Gasteiger partial charge in [0, 0.05) is 11.6 Å². The van der Waals surface area contributed by atoms with Crippen molar-refractivity contribution in [3.05, 3.63) is 64.8 Å². The van der Waals surface area contributed by atoms with Crippen molar-refractivity contribution in [1.82, 2.24) is 4.98 Å². The molecule has 1 heterocycles. The molecule has 0 bridgehead atoms. The number of amides is 1. The van der Waals surface area contributed by atoms with Gasteiger partial charge in [-0.05, 0) is 36.8 Å². The number of nitrogens with zero attached hydrogens (tertiary/aromatic N) is 1. The van der Waals surface area contributed by atoms with E-state index in [1.54, 1.807) is 36.5 Å². The van der Waals surface area contributed by atoms with E-state index in [4.69, 9.17) is 11.6 Å². The van der Waals surface area contributed by atoms with Crippen molar-refractivity contribution >= 4 is 34.1 Å². The number of hydrogen-bond acceptors (Lipinski definition) is 3. The number of pyridine rings is 1. The van der Waals surface area contributed by atoms with Gasteiger partial charge in [-0.15, -0.1) is 0 Å². The van der Waals surface area contributed by atoms with Crippen LogP contribution in [0.3, 0.4) is 0 Å². The van der Waals surface area contributed by atoms with E-state index in [2.05, 4.69) is 10.3 Å². The van der Waals surface area contributed by atoms with Crippen LogP contribution in [-0.2, 0) is 0 Å². The maximum absolute atomic E-state index is 12.4. The minimum absolute atomic E-state index is 0. The summed E-state index contributed by atoms with van der Waals surface area (Å²) in [5, 5.41) is 14.2. The Morgan fingerprint density at radius 1 is 1.22 bits per heavy atom. The fraction of sp³-hybridized carbons (Fsp3) is 0.111. The van der Waals surface area contributed by atoms with Gasteiger partial charge in [0.2, 0.25) is 0 Å². The van der Waals surface area contributed by atoms with Crippen LogP contribution in [0, 0.1) is 6.92 Å². The molecule has 1 amide bonds. The highest BCUT2D eigenvalue weighted by atomic mass is 35.5. The zero-order chi connectivity index (χ0) is 15.7. The van der Waals surface area contributed by atoms with Gasteiger partial charge < -0.3 is 10.4 Å². The first-order valence-corrected chi connectivity index (χ1v) is 7.08. The van der Waals surface area contributed by atoms with Crippen molar-refractivity contribution in [3.8, 4) is 5.75 Å². The summed E-state index contributed by atoms with van der Waals surface area (Å²) in [6, 6.07) is 12.3. The Morgan fingerprint density at radius 3 is 2.78 bits per heavy atom. The average molecular weight is 329 g/mol. The topological polar surface area (TPSA) is 62.2 Å². The van der Waals surface area contributed by atoms with Crippen LogP contribution in [0.1, 0.15) is 23.3 Å². The van der Waals surface area contributed by atoms with Crippen LogP contribution in [0.4, 0.5) is 5.69 Å². The average Bonchev–Trinajstić information content (AvgIpc) is 2.51. The number of phenolic OH excluding ortho intramolecular Hbond substituents is 1. The number of aryl methyl sites for hydroxylation is 1. The fourth-order valence-corrected chi connectivity index (χ4v) is 2.40. The molecule has 3 rings (SSSR count). The molecule has 3 aromatic rings. The lowest BCUT2D eigenvalue weighted by atomic mass is 10.1. The van der Waals surface area contributed by atoms with Gasteiger partial charge in [0.15, 0.2) is 5.75 Å². The molecule has 0 radical (unpaired) electrons. The molecule has 2 N–H and O–H groups in total. The number of phenols is 1.